The molecule has 1 aliphatic heterocycles. The zero-order valence-corrected chi connectivity index (χ0v) is 11.0. The summed E-state index contributed by atoms with van der Waals surface area (Å²) >= 11 is 0. The number of carbonyl (C=O) groups excluding carboxylic acids is 1. The van der Waals surface area contributed by atoms with Gasteiger partial charge in [0, 0.05) is 26.2 Å². The molecule has 0 bridgehead atoms. The molecular formula is C12H25N3O. The first-order chi connectivity index (χ1) is 7.50. The molecule has 0 aromatic rings. The van der Waals surface area contributed by atoms with Gasteiger partial charge in [0.1, 0.15) is 0 Å². The first-order valence-electron chi connectivity index (χ1n) is 6.16. The van der Waals surface area contributed by atoms with Crippen LogP contribution in [-0.2, 0) is 4.79 Å². The van der Waals surface area contributed by atoms with Crippen molar-refractivity contribution in [2.75, 3.05) is 34.2 Å². The number of amides is 1. The van der Waals surface area contributed by atoms with Crippen molar-refractivity contribution in [3.05, 3.63) is 0 Å². The highest BCUT2D eigenvalue weighted by molar-refractivity contribution is 5.81. The Morgan fingerprint density at radius 1 is 1.25 bits per heavy atom. The second-order valence-corrected chi connectivity index (χ2v) is 5.11. The molecule has 4 nitrogen and oxygen atoms in total. The van der Waals surface area contributed by atoms with Crippen LogP contribution in [0.2, 0.25) is 0 Å². The number of piperidine rings is 1. The van der Waals surface area contributed by atoms with Gasteiger partial charge in [0.15, 0.2) is 0 Å². The van der Waals surface area contributed by atoms with Gasteiger partial charge in [-0.1, -0.05) is 0 Å². The van der Waals surface area contributed by atoms with E-state index in [4.69, 9.17) is 0 Å². The fraction of sp³-hybridized carbons (Fsp3) is 0.917. The summed E-state index contributed by atoms with van der Waals surface area (Å²) < 4.78 is 0. The summed E-state index contributed by atoms with van der Waals surface area (Å²) in [5.74, 6) is 0.244. The summed E-state index contributed by atoms with van der Waals surface area (Å²) in [6.45, 7) is 3.88. The lowest BCUT2D eigenvalue weighted by molar-refractivity contribution is -0.133. The molecule has 4 heteroatoms. The first kappa shape index (κ1) is 13.5. The molecule has 0 aromatic carbocycles. The number of carbonyl (C=O) groups is 1. The van der Waals surface area contributed by atoms with Crippen LogP contribution in [0.3, 0.4) is 0 Å². The Hall–Kier alpha value is -0.610. The van der Waals surface area contributed by atoms with E-state index in [9.17, 15) is 4.79 Å². The van der Waals surface area contributed by atoms with E-state index in [1.807, 2.05) is 26.0 Å². The summed E-state index contributed by atoms with van der Waals surface area (Å²) in [5.41, 5.74) is 0. The number of rotatable bonds is 4. The lowest BCUT2D eigenvalue weighted by atomic mass is 9.99. The van der Waals surface area contributed by atoms with Crippen molar-refractivity contribution in [3.8, 4) is 0 Å². The van der Waals surface area contributed by atoms with E-state index >= 15 is 0 Å². The molecule has 1 fully saturated rings. The lowest BCUT2D eigenvalue weighted by Gasteiger charge is -2.31. The summed E-state index contributed by atoms with van der Waals surface area (Å²) in [4.78, 5) is 16.0. The van der Waals surface area contributed by atoms with Gasteiger partial charge in [-0.25, -0.2) is 0 Å². The van der Waals surface area contributed by atoms with Crippen LogP contribution in [0.15, 0.2) is 0 Å². The second kappa shape index (κ2) is 6.21. The van der Waals surface area contributed by atoms with E-state index in [1.54, 1.807) is 0 Å². The Labute approximate surface area is 99.0 Å². The molecule has 0 spiro atoms. The minimum atomic E-state index is 0.0379. The summed E-state index contributed by atoms with van der Waals surface area (Å²) in [6, 6.07) is 0.515. The number of hydrogen-bond donors (Lipinski definition) is 1. The largest absolute Gasteiger partial charge is 0.343 e. The van der Waals surface area contributed by atoms with Gasteiger partial charge in [0.2, 0.25) is 5.91 Å². The molecule has 1 heterocycles. The van der Waals surface area contributed by atoms with E-state index in [2.05, 4.69) is 17.1 Å². The SMILES string of the molecule is CC1CCCC(C(=O)N(C)CCN(C)C)N1. The van der Waals surface area contributed by atoms with E-state index < -0.39 is 0 Å². The monoisotopic (exact) mass is 227 g/mol. The van der Waals surface area contributed by atoms with Crippen molar-refractivity contribution < 1.29 is 4.79 Å². The summed E-state index contributed by atoms with van der Waals surface area (Å²) in [7, 11) is 5.95. The quantitative estimate of drug-likeness (QED) is 0.761. The van der Waals surface area contributed by atoms with Crippen molar-refractivity contribution in [2.45, 2.75) is 38.3 Å². The Bertz CT molecular complexity index is 230. The number of likely N-dealkylation sites (N-methyl/N-ethyl adjacent to an activating group) is 2. The zero-order valence-electron chi connectivity index (χ0n) is 11.0. The molecule has 2 atom stereocenters. The minimum Gasteiger partial charge on any atom is -0.343 e. The molecule has 94 valence electrons. The van der Waals surface area contributed by atoms with Crippen molar-refractivity contribution >= 4 is 5.91 Å². The average molecular weight is 227 g/mol. The molecule has 0 radical (unpaired) electrons. The Kier molecular flexibility index (Phi) is 5.22. The van der Waals surface area contributed by atoms with Gasteiger partial charge in [-0.3, -0.25) is 4.79 Å². The van der Waals surface area contributed by atoms with Gasteiger partial charge in [0.25, 0.3) is 0 Å². The van der Waals surface area contributed by atoms with Crippen molar-refractivity contribution in [1.82, 2.24) is 15.1 Å². The minimum absolute atomic E-state index is 0.0379. The topological polar surface area (TPSA) is 35.6 Å². The van der Waals surface area contributed by atoms with E-state index in [0.717, 1.165) is 25.9 Å². The van der Waals surface area contributed by atoms with Crippen LogP contribution in [0.5, 0.6) is 0 Å². The molecule has 1 amide bonds. The Balaban J connectivity index is 2.37. The molecule has 0 saturated carbocycles. The molecule has 1 rings (SSSR count). The highest BCUT2D eigenvalue weighted by Crippen LogP contribution is 2.13. The van der Waals surface area contributed by atoms with Crippen molar-refractivity contribution in [3.63, 3.8) is 0 Å². The van der Waals surface area contributed by atoms with Crippen LogP contribution in [0.4, 0.5) is 0 Å². The van der Waals surface area contributed by atoms with E-state index in [0.29, 0.717) is 6.04 Å². The van der Waals surface area contributed by atoms with E-state index in [1.165, 1.54) is 6.42 Å². The Morgan fingerprint density at radius 3 is 2.50 bits per heavy atom. The predicted molar refractivity (Wildman–Crippen MR) is 66.4 cm³/mol. The first-order valence-corrected chi connectivity index (χ1v) is 6.16. The maximum absolute atomic E-state index is 12.1. The van der Waals surface area contributed by atoms with Gasteiger partial charge in [-0.05, 0) is 40.3 Å². The van der Waals surface area contributed by atoms with Crippen molar-refractivity contribution in [1.29, 1.82) is 0 Å². The Morgan fingerprint density at radius 2 is 1.94 bits per heavy atom. The number of nitrogens with one attached hydrogen (secondary N) is 1. The number of nitrogens with zero attached hydrogens (tertiary/aromatic N) is 2. The molecule has 2 unspecified atom stereocenters. The zero-order chi connectivity index (χ0) is 12.1. The summed E-state index contributed by atoms with van der Waals surface area (Å²) in [6.07, 6.45) is 3.33. The summed E-state index contributed by atoms with van der Waals surface area (Å²) in [5, 5.41) is 3.38. The second-order valence-electron chi connectivity index (χ2n) is 5.11. The highest BCUT2D eigenvalue weighted by atomic mass is 16.2. The lowest BCUT2D eigenvalue weighted by Crippen LogP contribution is -2.51. The third-order valence-corrected chi connectivity index (χ3v) is 3.17. The molecular weight excluding hydrogens is 202 g/mol. The maximum Gasteiger partial charge on any atom is 0.239 e. The molecule has 1 N–H and O–H groups in total. The van der Waals surface area contributed by atoms with Gasteiger partial charge in [-0.15, -0.1) is 0 Å². The number of hydrogen-bond acceptors (Lipinski definition) is 3. The van der Waals surface area contributed by atoms with Gasteiger partial charge in [0.05, 0.1) is 6.04 Å². The molecule has 16 heavy (non-hydrogen) atoms. The maximum atomic E-state index is 12.1. The third-order valence-electron chi connectivity index (χ3n) is 3.17. The molecule has 0 aliphatic carbocycles. The fourth-order valence-corrected chi connectivity index (χ4v) is 2.06. The van der Waals surface area contributed by atoms with Crippen LogP contribution in [0.25, 0.3) is 0 Å². The average Bonchev–Trinajstić information content (AvgIpc) is 2.24. The van der Waals surface area contributed by atoms with E-state index in [-0.39, 0.29) is 11.9 Å². The molecule has 1 aliphatic rings. The van der Waals surface area contributed by atoms with Crippen LogP contribution >= 0.6 is 0 Å². The third kappa shape index (κ3) is 4.10. The van der Waals surface area contributed by atoms with Crippen LogP contribution in [-0.4, -0.2) is 62.0 Å². The molecule has 0 aromatic heterocycles. The standard InChI is InChI=1S/C12H25N3O/c1-10-6-5-7-11(13-10)12(16)15(4)9-8-14(2)3/h10-11,13H,5-9H2,1-4H3. The normalized spacial score (nSPS) is 25.8. The van der Waals surface area contributed by atoms with Gasteiger partial charge >= 0.3 is 0 Å². The van der Waals surface area contributed by atoms with Crippen LogP contribution in [0.1, 0.15) is 26.2 Å². The van der Waals surface area contributed by atoms with Gasteiger partial charge < -0.3 is 15.1 Å². The predicted octanol–water partition coefficient (Wildman–Crippen LogP) is 0.537. The fourth-order valence-electron chi connectivity index (χ4n) is 2.06. The van der Waals surface area contributed by atoms with Crippen LogP contribution in [0, 0.1) is 0 Å². The van der Waals surface area contributed by atoms with Crippen LogP contribution < -0.4 is 5.32 Å². The molecule has 1 saturated heterocycles. The smallest absolute Gasteiger partial charge is 0.239 e. The van der Waals surface area contributed by atoms with Gasteiger partial charge in [-0.2, -0.15) is 0 Å². The highest BCUT2D eigenvalue weighted by Gasteiger charge is 2.26. The van der Waals surface area contributed by atoms with Crippen molar-refractivity contribution in [2.24, 2.45) is 0 Å².